The third-order valence-corrected chi connectivity index (χ3v) is 5.78. The second-order valence-corrected chi connectivity index (χ2v) is 8.36. The van der Waals surface area contributed by atoms with Gasteiger partial charge in [0.15, 0.2) is 11.5 Å². The number of unbranched alkanes of at least 4 members (excludes halogenated alkanes) is 1. The number of amides is 1. The molecule has 3 rings (SSSR count). The number of aromatic hydroxyl groups is 2. The molecule has 0 spiro atoms. The average molecular weight is 464 g/mol. The maximum atomic E-state index is 12.9. The van der Waals surface area contributed by atoms with Crippen molar-refractivity contribution in [1.82, 2.24) is 15.3 Å². The highest BCUT2D eigenvalue weighted by atomic mass is 35.5. The van der Waals surface area contributed by atoms with E-state index in [1.165, 1.54) is 6.07 Å². The van der Waals surface area contributed by atoms with Gasteiger partial charge in [0.05, 0.1) is 0 Å². The van der Waals surface area contributed by atoms with Crippen molar-refractivity contribution in [3.05, 3.63) is 35.5 Å². The predicted octanol–water partition coefficient (Wildman–Crippen LogP) is 3.87. The van der Waals surface area contributed by atoms with Crippen LogP contribution in [0.25, 0.3) is 0 Å². The van der Waals surface area contributed by atoms with E-state index in [9.17, 15) is 15.0 Å². The molecule has 0 aliphatic heterocycles. The first-order chi connectivity index (χ1) is 14.9. The molecule has 0 saturated heterocycles. The van der Waals surface area contributed by atoms with Gasteiger partial charge < -0.3 is 25.7 Å². The van der Waals surface area contributed by atoms with Crippen LogP contribution in [-0.2, 0) is 6.42 Å². The van der Waals surface area contributed by atoms with Crippen LogP contribution in [0.15, 0.2) is 24.4 Å². The number of anilines is 2. The van der Waals surface area contributed by atoms with Crippen molar-refractivity contribution >= 4 is 30.1 Å². The van der Waals surface area contributed by atoms with Crippen molar-refractivity contribution in [2.24, 2.45) is 0 Å². The fourth-order valence-corrected chi connectivity index (χ4v) is 3.94. The van der Waals surface area contributed by atoms with Gasteiger partial charge in [-0.05, 0) is 56.7 Å². The Morgan fingerprint density at radius 3 is 2.47 bits per heavy atom. The fraction of sp³-hybridized carbons (Fsp3) is 0.522. The van der Waals surface area contributed by atoms with Crippen molar-refractivity contribution < 1.29 is 15.0 Å². The van der Waals surface area contributed by atoms with Gasteiger partial charge in [0.2, 0.25) is 5.95 Å². The van der Waals surface area contributed by atoms with E-state index >= 15 is 0 Å². The molecular formula is C23H34ClN5O3. The number of aromatic nitrogens is 2. The van der Waals surface area contributed by atoms with Crippen LogP contribution in [0.2, 0.25) is 0 Å². The summed E-state index contributed by atoms with van der Waals surface area (Å²) in [7, 11) is 3.89. The van der Waals surface area contributed by atoms with Crippen LogP contribution >= 0.6 is 12.4 Å². The lowest BCUT2D eigenvalue weighted by Crippen LogP contribution is -2.40. The molecule has 1 aromatic heterocycles. The molecule has 1 aliphatic rings. The molecule has 1 aliphatic carbocycles. The average Bonchev–Trinajstić information content (AvgIpc) is 2.76. The van der Waals surface area contributed by atoms with E-state index in [-0.39, 0.29) is 41.9 Å². The molecule has 8 nitrogen and oxygen atoms in total. The fourth-order valence-electron chi connectivity index (χ4n) is 3.94. The first-order valence-corrected chi connectivity index (χ1v) is 11.0. The third-order valence-electron chi connectivity index (χ3n) is 5.78. The Bertz CT molecular complexity index is 901. The maximum absolute atomic E-state index is 12.9. The van der Waals surface area contributed by atoms with Gasteiger partial charge in [-0.1, -0.05) is 13.3 Å². The van der Waals surface area contributed by atoms with Gasteiger partial charge in [-0.15, -0.1) is 12.4 Å². The SMILES string of the molecule is CCCCc1c(C(=O)NC2CCC(Nc3nccc(N(C)C)n3)CC2)ccc(O)c1O.Cl. The number of carbonyl (C=O) groups excluding carboxylic acids is 1. The Morgan fingerprint density at radius 1 is 1.12 bits per heavy atom. The Morgan fingerprint density at radius 2 is 1.81 bits per heavy atom. The molecule has 1 saturated carbocycles. The minimum absolute atomic E-state index is 0. The van der Waals surface area contributed by atoms with E-state index in [0.717, 1.165) is 44.3 Å². The van der Waals surface area contributed by atoms with E-state index < -0.39 is 0 Å². The molecule has 176 valence electrons. The van der Waals surface area contributed by atoms with Gasteiger partial charge in [-0.2, -0.15) is 4.98 Å². The number of nitrogens with zero attached hydrogens (tertiary/aromatic N) is 3. The van der Waals surface area contributed by atoms with Crippen molar-refractivity contribution in [3.63, 3.8) is 0 Å². The standard InChI is InChI=1S/C23H33N5O3.ClH/c1-4-5-6-17-18(11-12-19(29)21(17)30)22(31)25-15-7-9-16(10-8-15)26-23-24-14-13-20(27-23)28(2)3;/h11-16,29-30H,4-10H2,1-3H3,(H,25,31)(H,24,26,27);1H. The number of hydrogen-bond donors (Lipinski definition) is 4. The van der Waals surface area contributed by atoms with Crippen molar-refractivity contribution in [1.29, 1.82) is 0 Å². The molecule has 1 heterocycles. The molecule has 0 bridgehead atoms. The molecule has 4 N–H and O–H groups in total. The minimum Gasteiger partial charge on any atom is -0.504 e. The van der Waals surface area contributed by atoms with Gasteiger partial charge in [-0.3, -0.25) is 4.79 Å². The normalized spacial score (nSPS) is 17.8. The summed E-state index contributed by atoms with van der Waals surface area (Å²) in [5, 5.41) is 26.6. The second kappa shape index (κ2) is 11.8. The van der Waals surface area contributed by atoms with E-state index in [1.54, 1.807) is 12.3 Å². The lowest BCUT2D eigenvalue weighted by Gasteiger charge is -2.30. The molecule has 0 unspecified atom stereocenters. The van der Waals surface area contributed by atoms with Gasteiger partial charge in [0, 0.05) is 43.5 Å². The summed E-state index contributed by atoms with van der Waals surface area (Å²) >= 11 is 0. The van der Waals surface area contributed by atoms with Crippen LogP contribution < -0.4 is 15.5 Å². The zero-order chi connectivity index (χ0) is 22.4. The molecule has 1 amide bonds. The maximum Gasteiger partial charge on any atom is 0.251 e. The van der Waals surface area contributed by atoms with Crippen LogP contribution in [0, 0.1) is 0 Å². The molecule has 32 heavy (non-hydrogen) atoms. The molecule has 1 fully saturated rings. The van der Waals surface area contributed by atoms with Gasteiger partial charge >= 0.3 is 0 Å². The zero-order valence-corrected chi connectivity index (χ0v) is 19.8. The van der Waals surface area contributed by atoms with E-state index in [0.29, 0.717) is 23.5 Å². The smallest absolute Gasteiger partial charge is 0.251 e. The Labute approximate surface area is 195 Å². The Hall–Kier alpha value is -2.74. The van der Waals surface area contributed by atoms with Crippen LogP contribution in [0.1, 0.15) is 61.4 Å². The van der Waals surface area contributed by atoms with Gasteiger partial charge in [-0.25, -0.2) is 4.98 Å². The summed E-state index contributed by atoms with van der Waals surface area (Å²) in [5.41, 5.74) is 0.963. The molecule has 1 aromatic carbocycles. The Kier molecular flexibility index (Phi) is 9.38. The number of halogens is 1. The van der Waals surface area contributed by atoms with Crippen molar-refractivity contribution in [2.75, 3.05) is 24.3 Å². The molecule has 2 aromatic rings. The zero-order valence-electron chi connectivity index (χ0n) is 19.0. The highest BCUT2D eigenvalue weighted by Gasteiger charge is 2.25. The number of benzene rings is 1. The molecule has 9 heteroatoms. The lowest BCUT2D eigenvalue weighted by atomic mass is 9.90. The summed E-state index contributed by atoms with van der Waals surface area (Å²) in [5.74, 6) is 0.914. The summed E-state index contributed by atoms with van der Waals surface area (Å²) in [4.78, 5) is 23.7. The van der Waals surface area contributed by atoms with Gasteiger partial charge in [0.1, 0.15) is 5.82 Å². The van der Waals surface area contributed by atoms with E-state index in [4.69, 9.17) is 0 Å². The van der Waals surface area contributed by atoms with Crippen LogP contribution in [0.4, 0.5) is 11.8 Å². The highest BCUT2D eigenvalue weighted by Crippen LogP contribution is 2.33. The monoisotopic (exact) mass is 463 g/mol. The topological polar surface area (TPSA) is 111 Å². The first-order valence-electron chi connectivity index (χ1n) is 11.0. The minimum atomic E-state index is -0.195. The van der Waals surface area contributed by atoms with Crippen molar-refractivity contribution in [3.8, 4) is 11.5 Å². The number of phenols is 2. The van der Waals surface area contributed by atoms with Crippen LogP contribution in [-0.4, -0.2) is 52.3 Å². The number of hydrogen-bond acceptors (Lipinski definition) is 7. The third kappa shape index (κ3) is 6.38. The summed E-state index contributed by atoms with van der Waals surface area (Å²) in [6, 6.07) is 5.19. The number of nitrogens with one attached hydrogen (secondary N) is 2. The molecule has 0 atom stereocenters. The lowest BCUT2D eigenvalue weighted by molar-refractivity contribution is 0.0925. The van der Waals surface area contributed by atoms with Crippen molar-refractivity contribution in [2.45, 2.75) is 64.0 Å². The van der Waals surface area contributed by atoms with Crippen LogP contribution in [0.5, 0.6) is 11.5 Å². The predicted molar refractivity (Wildman–Crippen MR) is 129 cm³/mol. The number of carbonyl (C=O) groups is 1. The molecular weight excluding hydrogens is 430 g/mol. The summed E-state index contributed by atoms with van der Waals surface area (Å²) in [6.07, 6.45) is 7.60. The summed E-state index contributed by atoms with van der Waals surface area (Å²) < 4.78 is 0. The number of phenolic OH excluding ortho intramolecular Hbond substituents is 2. The highest BCUT2D eigenvalue weighted by molar-refractivity contribution is 5.97. The Balaban J connectivity index is 0.00000363. The number of rotatable bonds is 8. The second-order valence-electron chi connectivity index (χ2n) is 8.36. The van der Waals surface area contributed by atoms with Crippen LogP contribution in [0.3, 0.4) is 0 Å². The van der Waals surface area contributed by atoms with Gasteiger partial charge in [0.25, 0.3) is 5.91 Å². The largest absolute Gasteiger partial charge is 0.504 e. The van der Waals surface area contributed by atoms with E-state index in [1.807, 2.05) is 32.0 Å². The quantitative estimate of drug-likeness (QED) is 0.440. The van der Waals surface area contributed by atoms with E-state index in [2.05, 4.69) is 20.6 Å². The molecule has 0 radical (unpaired) electrons. The first kappa shape index (κ1) is 25.5. The summed E-state index contributed by atoms with van der Waals surface area (Å²) in [6.45, 7) is 2.05.